The summed E-state index contributed by atoms with van der Waals surface area (Å²) in [5.41, 5.74) is -0.981. The Morgan fingerprint density at radius 1 is 1.08 bits per heavy atom. The minimum absolute atomic E-state index is 0.0196. The van der Waals surface area contributed by atoms with Crippen LogP contribution >= 0.6 is 0 Å². The molecule has 1 aromatic carbocycles. The van der Waals surface area contributed by atoms with Crippen molar-refractivity contribution in [3.63, 3.8) is 0 Å². The number of alkyl halides is 1. The van der Waals surface area contributed by atoms with E-state index in [0.717, 1.165) is 0 Å². The van der Waals surface area contributed by atoms with Crippen molar-refractivity contribution in [1.82, 2.24) is 9.80 Å². The number of ether oxygens (including phenoxy) is 1. The fourth-order valence-corrected chi connectivity index (χ4v) is 3.61. The highest BCUT2D eigenvalue weighted by Crippen LogP contribution is 2.42. The van der Waals surface area contributed by atoms with Gasteiger partial charge in [-0.05, 0) is 25.0 Å². The van der Waals surface area contributed by atoms with Gasteiger partial charge in [-0.2, -0.15) is 0 Å². The summed E-state index contributed by atoms with van der Waals surface area (Å²) in [5.74, 6) is -0.375. The van der Waals surface area contributed by atoms with Crippen molar-refractivity contribution in [3.8, 4) is 0 Å². The second kappa shape index (κ2) is 5.84. The molecule has 2 aliphatic heterocycles. The Morgan fingerprint density at radius 2 is 1.79 bits per heavy atom. The maximum Gasteiger partial charge on any atom is 0.260 e. The lowest BCUT2D eigenvalue weighted by molar-refractivity contribution is -0.137. The molecule has 1 saturated carbocycles. The van der Waals surface area contributed by atoms with Gasteiger partial charge in [0.15, 0.2) is 5.67 Å². The summed E-state index contributed by atoms with van der Waals surface area (Å²) in [7, 11) is 0. The van der Waals surface area contributed by atoms with E-state index in [1.807, 2.05) is 18.2 Å². The summed E-state index contributed by atoms with van der Waals surface area (Å²) in [6, 6.07) is 9.17. The van der Waals surface area contributed by atoms with Gasteiger partial charge < -0.3 is 14.5 Å². The number of halogens is 1. The van der Waals surface area contributed by atoms with Crippen molar-refractivity contribution in [2.45, 2.75) is 24.6 Å². The molecule has 4 rings (SSSR count). The Bertz CT molecular complexity index is 647. The molecule has 128 valence electrons. The molecule has 0 bridgehead atoms. The Hall–Kier alpha value is -1.95. The van der Waals surface area contributed by atoms with Crippen molar-refractivity contribution in [2.75, 3.05) is 32.8 Å². The SMILES string of the molecule is O=C(c1ccccc1)N1CCO[C@@H]2CN(C(=O)C3(F)CC3)C[C@@H]2C1. The maximum absolute atomic E-state index is 14.0. The van der Waals surface area contributed by atoms with Gasteiger partial charge in [-0.1, -0.05) is 18.2 Å². The molecule has 2 amide bonds. The highest BCUT2D eigenvalue weighted by molar-refractivity contribution is 5.94. The summed E-state index contributed by atoms with van der Waals surface area (Å²) in [5, 5.41) is 0. The molecule has 1 aromatic rings. The van der Waals surface area contributed by atoms with Crippen LogP contribution in [0.5, 0.6) is 0 Å². The van der Waals surface area contributed by atoms with E-state index < -0.39 is 11.6 Å². The molecule has 2 heterocycles. The van der Waals surface area contributed by atoms with Gasteiger partial charge in [0.25, 0.3) is 11.8 Å². The van der Waals surface area contributed by atoms with Crippen LogP contribution in [-0.4, -0.2) is 66.2 Å². The molecule has 0 N–H and O–H groups in total. The zero-order valence-electron chi connectivity index (χ0n) is 13.5. The van der Waals surface area contributed by atoms with Crippen molar-refractivity contribution in [1.29, 1.82) is 0 Å². The monoisotopic (exact) mass is 332 g/mol. The minimum Gasteiger partial charge on any atom is -0.374 e. The normalized spacial score (nSPS) is 28.2. The number of likely N-dealkylation sites (tertiary alicyclic amines) is 1. The largest absolute Gasteiger partial charge is 0.374 e. The second-order valence-corrected chi connectivity index (χ2v) is 6.96. The van der Waals surface area contributed by atoms with Gasteiger partial charge >= 0.3 is 0 Å². The minimum atomic E-state index is -1.64. The second-order valence-electron chi connectivity index (χ2n) is 6.96. The number of hydrogen-bond donors (Lipinski definition) is 0. The summed E-state index contributed by atoms with van der Waals surface area (Å²) in [6.07, 6.45) is 0.554. The first-order chi connectivity index (χ1) is 11.6. The van der Waals surface area contributed by atoms with Crippen LogP contribution in [-0.2, 0) is 9.53 Å². The van der Waals surface area contributed by atoms with Crippen LogP contribution in [0.4, 0.5) is 4.39 Å². The van der Waals surface area contributed by atoms with E-state index in [9.17, 15) is 14.0 Å². The number of carbonyl (C=O) groups is 2. The van der Waals surface area contributed by atoms with E-state index in [-0.39, 0.29) is 17.9 Å². The number of benzene rings is 1. The van der Waals surface area contributed by atoms with E-state index in [1.165, 1.54) is 0 Å². The fraction of sp³-hybridized carbons (Fsp3) is 0.556. The topological polar surface area (TPSA) is 49.9 Å². The van der Waals surface area contributed by atoms with Gasteiger partial charge in [-0.25, -0.2) is 4.39 Å². The molecule has 0 spiro atoms. The lowest BCUT2D eigenvalue weighted by Crippen LogP contribution is -2.40. The van der Waals surface area contributed by atoms with Crippen LogP contribution in [0.15, 0.2) is 30.3 Å². The van der Waals surface area contributed by atoms with Crippen LogP contribution < -0.4 is 0 Å². The first-order valence-corrected chi connectivity index (χ1v) is 8.51. The number of amides is 2. The molecular formula is C18H21FN2O3. The number of carbonyl (C=O) groups excluding carboxylic acids is 2. The molecule has 24 heavy (non-hydrogen) atoms. The van der Waals surface area contributed by atoms with Crippen LogP contribution in [0.25, 0.3) is 0 Å². The van der Waals surface area contributed by atoms with E-state index in [0.29, 0.717) is 51.2 Å². The molecule has 0 radical (unpaired) electrons. The zero-order chi connectivity index (χ0) is 16.7. The molecule has 3 aliphatic rings. The highest BCUT2D eigenvalue weighted by atomic mass is 19.1. The summed E-state index contributed by atoms with van der Waals surface area (Å²) < 4.78 is 19.9. The summed E-state index contributed by atoms with van der Waals surface area (Å²) >= 11 is 0. The molecule has 1 aliphatic carbocycles. The third kappa shape index (κ3) is 2.79. The average Bonchev–Trinajstić information content (AvgIpc) is 3.29. The molecule has 2 atom stereocenters. The van der Waals surface area contributed by atoms with Gasteiger partial charge in [-0.3, -0.25) is 9.59 Å². The zero-order valence-corrected chi connectivity index (χ0v) is 13.5. The van der Waals surface area contributed by atoms with Crippen LogP contribution in [0.2, 0.25) is 0 Å². The Kier molecular flexibility index (Phi) is 3.79. The number of rotatable bonds is 2. The first kappa shape index (κ1) is 15.6. The lowest BCUT2D eigenvalue weighted by Gasteiger charge is -2.24. The standard InChI is InChI=1S/C18H21FN2O3/c19-18(6-7-18)17(23)21-11-14-10-20(8-9-24-15(14)12-21)16(22)13-4-2-1-3-5-13/h1-5,14-15H,6-12H2/t14-,15+/m0/s1. The van der Waals surface area contributed by atoms with Crippen LogP contribution in [0.1, 0.15) is 23.2 Å². The van der Waals surface area contributed by atoms with Gasteiger partial charge in [0, 0.05) is 37.7 Å². The van der Waals surface area contributed by atoms with E-state index >= 15 is 0 Å². The number of fused-ring (bicyclic) bond motifs is 1. The summed E-state index contributed by atoms with van der Waals surface area (Å²) in [4.78, 5) is 28.2. The maximum atomic E-state index is 14.0. The first-order valence-electron chi connectivity index (χ1n) is 8.51. The molecule has 3 fully saturated rings. The van der Waals surface area contributed by atoms with Gasteiger partial charge in [0.2, 0.25) is 0 Å². The molecule has 0 unspecified atom stereocenters. The number of hydrogen-bond acceptors (Lipinski definition) is 3. The number of nitrogens with zero attached hydrogens (tertiary/aromatic N) is 2. The highest BCUT2D eigenvalue weighted by Gasteiger charge is 2.54. The van der Waals surface area contributed by atoms with Crippen molar-refractivity contribution >= 4 is 11.8 Å². The van der Waals surface area contributed by atoms with Crippen molar-refractivity contribution in [3.05, 3.63) is 35.9 Å². The molecule has 0 aromatic heterocycles. The van der Waals surface area contributed by atoms with Crippen molar-refractivity contribution < 1.29 is 18.7 Å². The lowest BCUT2D eigenvalue weighted by atomic mass is 10.1. The molecule has 6 heteroatoms. The Balaban J connectivity index is 1.45. The molecule has 5 nitrogen and oxygen atoms in total. The van der Waals surface area contributed by atoms with Crippen LogP contribution in [0.3, 0.4) is 0 Å². The Morgan fingerprint density at radius 3 is 2.50 bits per heavy atom. The average molecular weight is 332 g/mol. The predicted octanol–water partition coefficient (Wildman–Crippen LogP) is 1.49. The quantitative estimate of drug-likeness (QED) is 0.824. The van der Waals surface area contributed by atoms with E-state index in [4.69, 9.17) is 4.74 Å². The predicted molar refractivity (Wildman–Crippen MR) is 85.2 cm³/mol. The molecular weight excluding hydrogens is 311 g/mol. The van der Waals surface area contributed by atoms with Crippen LogP contribution in [0, 0.1) is 5.92 Å². The third-order valence-corrected chi connectivity index (χ3v) is 5.20. The van der Waals surface area contributed by atoms with Gasteiger partial charge in [0.05, 0.1) is 12.7 Å². The molecule has 2 saturated heterocycles. The van der Waals surface area contributed by atoms with E-state index in [1.54, 1.807) is 21.9 Å². The smallest absolute Gasteiger partial charge is 0.260 e. The van der Waals surface area contributed by atoms with Gasteiger partial charge in [-0.15, -0.1) is 0 Å². The van der Waals surface area contributed by atoms with Crippen molar-refractivity contribution in [2.24, 2.45) is 5.92 Å². The summed E-state index contributed by atoms with van der Waals surface area (Å²) in [6.45, 7) is 2.43. The van der Waals surface area contributed by atoms with Gasteiger partial charge in [0.1, 0.15) is 0 Å². The fourth-order valence-electron chi connectivity index (χ4n) is 3.61. The van der Waals surface area contributed by atoms with E-state index in [2.05, 4.69) is 0 Å². The third-order valence-electron chi connectivity index (χ3n) is 5.20. The Labute approximate surface area is 140 Å².